The van der Waals surface area contributed by atoms with E-state index in [9.17, 15) is 14.4 Å². The second-order valence-corrected chi connectivity index (χ2v) is 6.13. The smallest absolute Gasteiger partial charge is 0.335 e. The zero-order valence-corrected chi connectivity index (χ0v) is 15.9. The average molecular weight is 408 g/mol. The minimum absolute atomic E-state index is 0.0618. The molecule has 154 valence electrons. The number of aliphatic carboxylic acids is 1. The van der Waals surface area contributed by atoms with Crippen LogP contribution in [0, 0.1) is 0 Å². The molecule has 0 atom stereocenters. The molecular formula is C22H20N2O6. The van der Waals surface area contributed by atoms with Gasteiger partial charge in [-0.2, -0.15) is 0 Å². The number of aromatic carboxylic acids is 2. The van der Waals surface area contributed by atoms with Crippen molar-refractivity contribution in [1.82, 2.24) is 0 Å². The molecule has 2 aromatic carbocycles. The highest BCUT2D eigenvalue weighted by Gasteiger charge is 2.03. The molecule has 0 spiro atoms. The number of anilines is 1. The van der Waals surface area contributed by atoms with Crippen LogP contribution in [-0.2, 0) is 4.79 Å². The molecule has 0 amide bonds. The Morgan fingerprint density at radius 3 is 1.93 bits per heavy atom. The van der Waals surface area contributed by atoms with Gasteiger partial charge in [0.2, 0.25) is 0 Å². The number of carboxylic acid groups (broad SMARTS) is 3. The first-order valence-corrected chi connectivity index (χ1v) is 8.90. The lowest BCUT2D eigenvalue weighted by Gasteiger charge is -2.01. The predicted octanol–water partition coefficient (Wildman–Crippen LogP) is 4.20. The summed E-state index contributed by atoms with van der Waals surface area (Å²) in [4.78, 5) is 36.9. The maximum absolute atomic E-state index is 10.9. The third-order valence-corrected chi connectivity index (χ3v) is 3.91. The Morgan fingerprint density at radius 1 is 0.833 bits per heavy atom. The zero-order valence-electron chi connectivity index (χ0n) is 15.9. The van der Waals surface area contributed by atoms with E-state index >= 15 is 0 Å². The fraction of sp³-hybridized carbons (Fsp3) is 0.0909. The van der Waals surface area contributed by atoms with Crippen LogP contribution in [0.1, 0.15) is 33.6 Å². The number of aliphatic imine (C=N–C) groups is 1. The van der Waals surface area contributed by atoms with Gasteiger partial charge in [-0.3, -0.25) is 9.79 Å². The number of hydrogen-bond acceptors (Lipinski definition) is 5. The van der Waals surface area contributed by atoms with Crippen molar-refractivity contribution in [2.24, 2.45) is 4.99 Å². The monoisotopic (exact) mass is 408 g/mol. The van der Waals surface area contributed by atoms with Crippen molar-refractivity contribution in [3.8, 4) is 0 Å². The highest BCUT2D eigenvalue weighted by molar-refractivity contribution is 5.89. The third kappa shape index (κ3) is 7.43. The first kappa shape index (κ1) is 22.1. The van der Waals surface area contributed by atoms with Crippen molar-refractivity contribution in [3.63, 3.8) is 0 Å². The van der Waals surface area contributed by atoms with Gasteiger partial charge in [-0.1, -0.05) is 6.08 Å². The lowest BCUT2D eigenvalue weighted by molar-refractivity contribution is -0.136. The SMILES string of the molecule is O=C(O)CCC(C=Nc1ccc(C(=O)O)cc1)=CC=CNc1ccc(C(=O)O)cc1. The third-order valence-electron chi connectivity index (χ3n) is 3.91. The molecule has 0 radical (unpaired) electrons. The molecule has 0 saturated heterocycles. The van der Waals surface area contributed by atoms with E-state index in [0.717, 1.165) is 0 Å². The first-order valence-electron chi connectivity index (χ1n) is 8.90. The van der Waals surface area contributed by atoms with Crippen LogP contribution in [0.2, 0.25) is 0 Å². The first-order chi connectivity index (χ1) is 14.3. The van der Waals surface area contributed by atoms with Gasteiger partial charge in [-0.25, -0.2) is 9.59 Å². The van der Waals surface area contributed by atoms with Crippen LogP contribution in [0.5, 0.6) is 0 Å². The van der Waals surface area contributed by atoms with Gasteiger partial charge in [0.1, 0.15) is 0 Å². The number of carboxylic acids is 3. The van der Waals surface area contributed by atoms with Gasteiger partial charge in [0.15, 0.2) is 0 Å². The van der Waals surface area contributed by atoms with E-state index in [1.165, 1.54) is 30.5 Å². The Labute approximate surface area is 172 Å². The van der Waals surface area contributed by atoms with Crippen LogP contribution in [0.4, 0.5) is 11.4 Å². The minimum Gasteiger partial charge on any atom is -0.481 e. The normalized spacial score (nSPS) is 11.7. The van der Waals surface area contributed by atoms with E-state index in [2.05, 4.69) is 10.3 Å². The van der Waals surface area contributed by atoms with Crippen molar-refractivity contribution in [2.45, 2.75) is 12.8 Å². The van der Waals surface area contributed by atoms with Crippen LogP contribution in [0.3, 0.4) is 0 Å². The lowest BCUT2D eigenvalue weighted by Crippen LogP contribution is -1.97. The number of nitrogens with one attached hydrogen (secondary N) is 1. The minimum atomic E-state index is -1.03. The second-order valence-electron chi connectivity index (χ2n) is 6.13. The van der Waals surface area contributed by atoms with E-state index in [-0.39, 0.29) is 24.0 Å². The van der Waals surface area contributed by atoms with Crippen LogP contribution < -0.4 is 5.32 Å². The fourth-order valence-corrected chi connectivity index (χ4v) is 2.31. The number of benzene rings is 2. The Balaban J connectivity index is 2.05. The van der Waals surface area contributed by atoms with Gasteiger partial charge in [0, 0.05) is 24.5 Å². The molecular weight excluding hydrogens is 388 g/mol. The van der Waals surface area contributed by atoms with E-state index < -0.39 is 17.9 Å². The number of carbonyl (C=O) groups is 3. The molecule has 0 aliphatic heterocycles. The van der Waals surface area contributed by atoms with Crippen molar-refractivity contribution in [2.75, 3.05) is 5.32 Å². The van der Waals surface area contributed by atoms with Crippen LogP contribution >= 0.6 is 0 Å². The topological polar surface area (TPSA) is 136 Å². The molecule has 8 nitrogen and oxygen atoms in total. The number of nitrogens with zero attached hydrogens (tertiary/aromatic N) is 1. The molecule has 2 rings (SSSR count). The Hall–Kier alpha value is -4.20. The molecule has 30 heavy (non-hydrogen) atoms. The molecule has 0 aliphatic carbocycles. The maximum Gasteiger partial charge on any atom is 0.335 e. The Bertz CT molecular complexity index is 989. The summed E-state index contributed by atoms with van der Waals surface area (Å²) in [5.41, 5.74) is 2.25. The quantitative estimate of drug-likeness (QED) is 0.341. The number of allylic oxidation sites excluding steroid dienone is 3. The molecule has 4 N–H and O–H groups in total. The summed E-state index contributed by atoms with van der Waals surface area (Å²) >= 11 is 0. The summed E-state index contributed by atoms with van der Waals surface area (Å²) in [6.07, 6.45) is 6.76. The Morgan fingerprint density at radius 2 is 1.40 bits per heavy atom. The van der Waals surface area contributed by atoms with Crippen LogP contribution in [-0.4, -0.2) is 39.4 Å². The van der Waals surface area contributed by atoms with Gasteiger partial charge in [0.05, 0.1) is 16.8 Å². The summed E-state index contributed by atoms with van der Waals surface area (Å²) in [6, 6.07) is 12.2. The van der Waals surface area contributed by atoms with Crippen molar-refractivity contribution in [1.29, 1.82) is 0 Å². The van der Waals surface area contributed by atoms with Gasteiger partial charge in [-0.15, -0.1) is 0 Å². The summed E-state index contributed by atoms with van der Waals surface area (Å²) < 4.78 is 0. The standard InChI is InChI=1S/C22H20N2O6/c25-20(26)12-3-15(14-24-19-10-6-17(7-11-19)22(29)30)2-1-13-23-18-8-4-16(5-9-18)21(27)28/h1-2,4-11,13-14,23H,3,12H2,(H,25,26)(H,27,28)(H,29,30). The summed E-state index contributed by atoms with van der Waals surface area (Å²) in [5.74, 6) is -2.96. The second kappa shape index (κ2) is 11.0. The molecule has 0 heterocycles. The fourth-order valence-electron chi connectivity index (χ4n) is 2.31. The molecule has 2 aromatic rings. The molecule has 0 saturated carbocycles. The molecule has 0 aromatic heterocycles. The maximum atomic E-state index is 10.9. The molecule has 0 aliphatic rings. The highest BCUT2D eigenvalue weighted by atomic mass is 16.4. The average Bonchev–Trinajstić information content (AvgIpc) is 2.73. The van der Waals surface area contributed by atoms with Gasteiger partial charge in [-0.05, 0) is 66.6 Å². The summed E-state index contributed by atoms with van der Waals surface area (Å²) in [6.45, 7) is 0. The molecule has 0 bridgehead atoms. The van der Waals surface area contributed by atoms with Gasteiger partial charge >= 0.3 is 17.9 Å². The highest BCUT2D eigenvalue weighted by Crippen LogP contribution is 2.14. The van der Waals surface area contributed by atoms with Gasteiger partial charge < -0.3 is 20.6 Å². The van der Waals surface area contributed by atoms with E-state index in [4.69, 9.17) is 15.3 Å². The summed E-state index contributed by atoms with van der Waals surface area (Å²) in [7, 11) is 0. The molecule has 0 fully saturated rings. The number of rotatable bonds is 10. The summed E-state index contributed by atoms with van der Waals surface area (Å²) in [5, 5.41) is 29.7. The van der Waals surface area contributed by atoms with E-state index in [1.54, 1.807) is 42.6 Å². The van der Waals surface area contributed by atoms with Crippen molar-refractivity contribution < 1.29 is 29.7 Å². The molecule has 8 heteroatoms. The predicted molar refractivity (Wildman–Crippen MR) is 113 cm³/mol. The van der Waals surface area contributed by atoms with Crippen molar-refractivity contribution >= 4 is 35.5 Å². The largest absolute Gasteiger partial charge is 0.481 e. The Kier molecular flexibility index (Phi) is 8.07. The number of hydrogen-bond donors (Lipinski definition) is 4. The van der Waals surface area contributed by atoms with Crippen LogP contribution in [0.25, 0.3) is 0 Å². The van der Waals surface area contributed by atoms with Crippen LogP contribution in [0.15, 0.2) is 77.4 Å². The zero-order chi connectivity index (χ0) is 21.9. The molecule has 0 unspecified atom stereocenters. The van der Waals surface area contributed by atoms with E-state index in [1.807, 2.05) is 0 Å². The van der Waals surface area contributed by atoms with Crippen molar-refractivity contribution in [3.05, 3.63) is 83.6 Å². The van der Waals surface area contributed by atoms with Gasteiger partial charge in [0.25, 0.3) is 0 Å². The lowest BCUT2D eigenvalue weighted by atomic mass is 10.1. The van der Waals surface area contributed by atoms with E-state index in [0.29, 0.717) is 16.9 Å².